The van der Waals surface area contributed by atoms with E-state index in [0.717, 1.165) is 37.7 Å². The molecule has 2 heterocycles. The van der Waals surface area contributed by atoms with Crippen molar-refractivity contribution in [1.82, 2.24) is 20.0 Å². The van der Waals surface area contributed by atoms with Crippen molar-refractivity contribution in [3.05, 3.63) is 41.0 Å². The minimum absolute atomic E-state index is 0.000302. The van der Waals surface area contributed by atoms with Gasteiger partial charge in [0.25, 0.3) is 5.91 Å². The fourth-order valence-electron chi connectivity index (χ4n) is 4.19. The van der Waals surface area contributed by atoms with Gasteiger partial charge in [-0.25, -0.2) is 0 Å². The number of aliphatic carboxylic acids is 1. The molecule has 9 heteroatoms. The van der Waals surface area contributed by atoms with E-state index in [1.807, 2.05) is 16.8 Å². The second-order valence-corrected chi connectivity index (χ2v) is 9.19. The Morgan fingerprint density at radius 1 is 1.15 bits per heavy atom. The van der Waals surface area contributed by atoms with Crippen molar-refractivity contribution in [2.75, 3.05) is 19.6 Å². The highest BCUT2D eigenvalue weighted by Crippen LogP contribution is 2.29. The van der Waals surface area contributed by atoms with Crippen LogP contribution >= 0.6 is 11.6 Å². The summed E-state index contributed by atoms with van der Waals surface area (Å²) in [5.41, 5.74) is 2.10. The van der Waals surface area contributed by atoms with Crippen LogP contribution in [0.4, 0.5) is 0 Å². The number of amides is 2. The molecule has 1 unspecified atom stereocenters. The summed E-state index contributed by atoms with van der Waals surface area (Å²) in [5, 5.41) is 16.9. The van der Waals surface area contributed by atoms with Gasteiger partial charge >= 0.3 is 5.97 Å². The number of rotatable bonds is 13. The number of carboxylic acids is 1. The van der Waals surface area contributed by atoms with Crippen LogP contribution in [0.15, 0.2) is 30.3 Å². The van der Waals surface area contributed by atoms with Crippen molar-refractivity contribution in [3.63, 3.8) is 0 Å². The maximum absolute atomic E-state index is 13.2. The molecule has 3 rings (SSSR count). The maximum atomic E-state index is 13.2. The SMILES string of the molecule is CCCCCC1CN(CC(=O)NCCCCCC(=O)O)C(=O)c2cc(-c3ccc(Cl)cc3)nn21. The third-order valence-electron chi connectivity index (χ3n) is 6.02. The molecule has 0 spiro atoms. The van der Waals surface area contributed by atoms with Gasteiger partial charge in [0.15, 0.2) is 0 Å². The molecule has 0 saturated carbocycles. The smallest absolute Gasteiger partial charge is 0.303 e. The summed E-state index contributed by atoms with van der Waals surface area (Å²) in [4.78, 5) is 37.9. The zero-order valence-electron chi connectivity index (χ0n) is 19.6. The van der Waals surface area contributed by atoms with Gasteiger partial charge in [-0.05, 0) is 37.5 Å². The minimum Gasteiger partial charge on any atom is -0.481 e. The number of hydrogen-bond donors (Lipinski definition) is 2. The van der Waals surface area contributed by atoms with E-state index < -0.39 is 5.97 Å². The second-order valence-electron chi connectivity index (χ2n) is 8.76. The lowest BCUT2D eigenvalue weighted by Crippen LogP contribution is -2.47. The van der Waals surface area contributed by atoms with Crippen LogP contribution in [-0.2, 0) is 9.59 Å². The summed E-state index contributed by atoms with van der Waals surface area (Å²) in [6.45, 7) is 3.07. The lowest BCUT2D eigenvalue weighted by molar-refractivity contribution is -0.137. The summed E-state index contributed by atoms with van der Waals surface area (Å²) in [6, 6.07) is 9.18. The van der Waals surface area contributed by atoms with Gasteiger partial charge < -0.3 is 15.3 Å². The normalized spacial score (nSPS) is 15.3. The molecule has 1 aliphatic rings. The number of hydrogen-bond acceptors (Lipinski definition) is 4. The quantitative estimate of drug-likeness (QED) is 0.403. The minimum atomic E-state index is -0.806. The molecule has 2 N–H and O–H groups in total. The van der Waals surface area contributed by atoms with Crippen molar-refractivity contribution in [2.24, 2.45) is 0 Å². The van der Waals surface area contributed by atoms with Crippen LogP contribution in [0.5, 0.6) is 0 Å². The summed E-state index contributed by atoms with van der Waals surface area (Å²) in [6.07, 6.45) is 6.31. The molecule has 0 bridgehead atoms. The third kappa shape index (κ3) is 7.06. The van der Waals surface area contributed by atoms with E-state index in [9.17, 15) is 14.4 Å². The van der Waals surface area contributed by atoms with Gasteiger partial charge in [-0.1, -0.05) is 56.3 Å². The number of carbonyl (C=O) groups is 3. The van der Waals surface area contributed by atoms with Crippen LogP contribution in [0.1, 0.15) is 74.8 Å². The predicted octanol–water partition coefficient (Wildman–Crippen LogP) is 4.54. The van der Waals surface area contributed by atoms with Crippen molar-refractivity contribution in [1.29, 1.82) is 0 Å². The van der Waals surface area contributed by atoms with E-state index in [0.29, 0.717) is 42.3 Å². The van der Waals surface area contributed by atoms with Crippen LogP contribution < -0.4 is 5.32 Å². The predicted molar refractivity (Wildman–Crippen MR) is 131 cm³/mol. The summed E-state index contributed by atoms with van der Waals surface area (Å²) in [5.74, 6) is -1.21. The first-order chi connectivity index (χ1) is 16.4. The summed E-state index contributed by atoms with van der Waals surface area (Å²) < 4.78 is 1.83. The standard InChI is InChI=1S/C25H33ClN4O4/c1-2-3-5-8-20-16-29(17-23(31)27-14-7-4-6-9-24(32)33)25(34)22-15-21(28-30(20)22)18-10-12-19(26)13-11-18/h10-13,15,20H,2-9,14,16-17H2,1H3,(H,27,31)(H,32,33). The zero-order chi connectivity index (χ0) is 24.5. The molecular weight excluding hydrogens is 456 g/mol. The molecular formula is C25H33ClN4O4. The number of nitrogens with zero attached hydrogens (tertiary/aromatic N) is 3. The molecule has 34 heavy (non-hydrogen) atoms. The van der Waals surface area contributed by atoms with E-state index in [4.69, 9.17) is 21.8 Å². The molecule has 0 aliphatic carbocycles. The molecule has 8 nitrogen and oxygen atoms in total. The molecule has 1 aliphatic heterocycles. The summed E-state index contributed by atoms with van der Waals surface area (Å²) >= 11 is 6.01. The van der Waals surface area contributed by atoms with E-state index in [1.165, 1.54) is 0 Å². The van der Waals surface area contributed by atoms with Crippen molar-refractivity contribution < 1.29 is 19.5 Å². The Morgan fingerprint density at radius 2 is 1.91 bits per heavy atom. The molecule has 184 valence electrons. The Kier molecular flexibility index (Phi) is 9.51. The van der Waals surface area contributed by atoms with Crippen LogP contribution in [0.2, 0.25) is 5.02 Å². The Hall–Kier alpha value is -2.87. The van der Waals surface area contributed by atoms with E-state index in [-0.39, 0.29) is 30.8 Å². The highest BCUT2D eigenvalue weighted by atomic mass is 35.5. The Balaban J connectivity index is 1.66. The Labute approximate surface area is 205 Å². The van der Waals surface area contributed by atoms with Gasteiger partial charge in [0, 0.05) is 30.1 Å². The van der Waals surface area contributed by atoms with Gasteiger partial charge in [0.2, 0.25) is 5.91 Å². The number of halogens is 1. The number of nitrogens with one attached hydrogen (secondary N) is 1. The van der Waals surface area contributed by atoms with Gasteiger partial charge in [0.05, 0.1) is 18.3 Å². The van der Waals surface area contributed by atoms with Gasteiger partial charge in [-0.15, -0.1) is 0 Å². The third-order valence-corrected chi connectivity index (χ3v) is 6.28. The van der Waals surface area contributed by atoms with Gasteiger partial charge in [-0.2, -0.15) is 5.10 Å². The molecule has 1 aromatic carbocycles. The average molecular weight is 489 g/mol. The highest BCUT2D eigenvalue weighted by Gasteiger charge is 2.33. The van der Waals surface area contributed by atoms with E-state index in [2.05, 4.69) is 12.2 Å². The van der Waals surface area contributed by atoms with Crippen molar-refractivity contribution >= 4 is 29.4 Å². The molecule has 0 fully saturated rings. The molecule has 0 saturated heterocycles. The molecule has 0 radical (unpaired) electrons. The van der Waals surface area contributed by atoms with E-state index in [1.54, 1.807) is 23.1 Å². The topological polar surface area (TPSA) is 105 Å². The number of carboxylic acid groups (broad SMARTS) is 1. The van der Waals surface area contributed by atoms with Crippen LogP contribution in [0, 0.1) is 0 Å². The monoisotopic (exact) mass is 488 g/mol. The number of unbranched alkanes of at least 4 members (excludes halogenated alkanes) is 4. The molecule has 2 amide bonds. The number of fused-ring (bicyclic) bond motifs is 1. The first-order valence-electron chi connectivity index (χ1n) is 12.0. The summed E-state index contributed by atoms with van der Waals surface area (Å²) in [7, 11) is 0. The largest absolute Gasteiger partial charge is 0.481 e. The lowest BCUT2D eigenvalue weighted by Gasteiger charge is -2.33. The highest BCUT2D eigenvalue weighted by molar-refractivity contribution is 6.30. The molecule has 1 aromatic heterocycles. The maximum Gasteiger partial charge on any atom is 0.303 e. The number of aromatic nitrogens is 2. The molecule has 1 atom stereocenters. The fourth-order valence-corrected chi connectivity index (χ4v) is 4.31. The van der Waals surface area contributed by atoms with Crippen molar-refractivity contribution in [3.8, 4) is 11.3 Å². The number of carbonyl (C=O) groups excluding carboxylic acids is 2. The van der Waals surface area contributed by atoms with Gasteiger partial charge in [-0.3, -0.25) is 19.1 Å². The van der Waals surface area contributed by atoms with E-state index >= 15 is 0 Å². The van der Waals surface area contributed by atoms with Crippen molar-refractivity contribution in [2.45, 2.75) is 64.3 Å². The first kappa shape index (κ1) is 25.7. The molecule has 2 aromatic rings. The Bertz CT molecular complexity index is 989. The van der Waals surface area contributed by atoms with Crippen LogP contribution in [0.3, 0.4) is 0 Å². The van der Waals surface area contributed by atoms with Crippen LogP contribution in [0.25, 0.3) is 11.3 Å². The fraction of sp³-hybridized carbons (Fsp3) is 0.520. The van der Waals surface area contributed by atoms with Crippen LogP contribution in [-0.4, -0.2) is 57.2 Å². The first-order valence-corrected chi connectivity index (χ1v) is 12.4. The average Bonchev–Trinajstić information content (AvgIpc) is 3.25. The second kappa shape index (κ2) is 12.6. The lowest BCUT2D eigenvalue weighted by atomic mass is 10.0. The number of benzene rings is 1. The zero-order valence-corrected chi connectivity index (χ0v) is 20.4. The van der Waals surface area contributed by atoms with Gasteiger partial charge in [0.1, 0.15) is 5.69 Å². The Morgan fingerprint density at radius 3 is 2.62 bits per heavy atom.